The van der Waals surface area contributed by atoms with Crippen LogP contribution in [-0.4, -0.2) is 22.8 Å². The van der Waals surface area contributed by atoms with Gasteiger partial charge in [-0.2, -0.15) is 0 Å². The molecule has 0 bridgehead atoms. The maximum atomic E-state index is 11.6. The van der Waals surface area contributed by atoms with Crippen LogP contribution < -0.4 is 10.3 Å². The first-order valence-corrected chi connectivity index (χ1v) is 4.62. The van der Waals surface area contributed by atoms with E-state index in [4.69, 9.17) is 9.84 Å². The Labute approximate surface area is 85.9 Å². The lowest BCUT2D eigenvalue weighted by atomic mass is 10.2. The van der Waals surface area contributed by atoms with Crippen molar-refractivity contribution in [3.8, 4) is 5.88 Å². The predicted molar refractivity (Wildman–Crippen MR) is 52.1 cm³/mol. The van der Waals surface area contributed by atoms with E-state index in [1.165, 1.54) is 17.7 Å². The molecule has 1 aromatic heterocycles. The average molecular weight is 209 g/mol. The first-order valence-electron chi connectivity index (χ1n) is 4.62. The van der Waals surface area contributed by atoms with E-state index in [0.29, 0.717) is 18.7 Å². The second-order valence-electron chi connectivity index (χ2n) is 3.58. The van der Waals surface area contributed by atoms with Crippen molar-refractivity contribution < 1.29 is 14.6 Å². The molecule has 0 atom stereocenters. The van der Waals surface area contributed by atoms with E-state index in [2.05, 4.69) is 0 Å². The van der Waals surface area contributed by atoms with Crippen LogP contribution in [0.1, 0.15) is 12.8 Å². The molecule has 1 aliphatic carbocycles. The molecule has 5 heteroatoms. The van der Waals surface area contributed by atoms with Crippen molar-refractivity contribution in [2.24, 2.45) is 0 Å². The fourth-order valence-corrected chi connectivity index (χ4v) is 1.70. The molecule has 0 amide bonds. The van der Waals surface area contributed by atoms with Gasteiger partial charge in [-0.1, -0.05) is 6.07 Å². The van der Waals surface area contributed by atoms with Crippen LogP contribution in [0.3, 0.4) is 0 Å². The summed E-state index contributed by atoms with van der Waals surface area (Å²) >= 11 is 0. The maximum absolute atomic E-state index is 11.6. The molecule has 1 aromatic rings. The molecular weight excluding hydrogens is 198 g/mol. The zero-order chi connectivity index (χ0) is 11.1. The van der Waals surface area contributed by atoms with Crippen LogP contribution in [0.2, 0.25) is 0 Å². The van der Waals surface area contributed by atoms with Gasteiger partial charge in [0.2, 0.25) is 0 Å². The Balaban J connectivity index is 2.62. The first kappa shape index (κ1) is 9.76. The molecule has 1 fully saturated rings. The Bertz CT molecular complexity index is 459. The molecule has 2 rings (SSSR count). The van der Waals surface area contributed by atoms with E-state index in [9.17, 15) is 9.59 Å². The molecule has 0 saturated heterocycles. The Hall–Kier alpha value is -1.78. The fourth-order valence-electron chi connectivity index (χ4n) is 1.70. The summed E-state index contributed by atoms with van der Waals surface area (Å²) in [5.74, 6) is -0.684. The molecule has 80 valence electrons. The lowest BCUT2D eigenvalue weighted by Crippen LogP contribution is -2.36. The van der Waals surface area contributed by atoms with E-state index in [0.717, 1.165) is 0 Å². The standard InChI is InChI=1S/C10H11NO4/c1-15-8-4-2-3-7(12)11(8)10(5-6-10)9(13)14/h2-4H,5-6H2,1H3,(H,13,14). The topological polar surface area (TPSA) is 68.5 Å². The number of rotatable bonds is 3. The molecule has 1 aliphatic rings. The van der Waals surface area contributed by atoms with Gasteiger partial charge in [0.15, 0.2) is 5.88 Å². The second kappa shape index (κ2) is 3.12. The lowest BCUT2D eigenvalue weighted by molar-refractivity contribution is -0.142. The third-order valence-electron chi connectivity index (χ3n) is 2.68. The van der Waals surface area contributed by atoms with Gasteiger partial charge in [0.05, 0.1) is 7.11 Å². The number of nitrogens with zero attached hydrogens (tertiary/aromatic N) is 1. The van der Waals surface area contributed by atoms with Crippen LogP contribution in [0.4, 0.5) is 0 Å². The van der Waals surface area contributed by atoms with E-state index in [1.807, 2.05) is 0 Å². The zero-order valence-corrected chi connectivity index (χ0v) is 8.27. The van der Waals surface area contributed by atoms with Crippen LogP contribution in [0.25, 0.3) is 0 Å². The Morgan fingerprint density at radius 1 is 1.53 bits per heavy atom. The number of carboxylic acid groups (broad SMARTS) is 1. The highest BCUT2D eigenvalue weighted by Gasteiger charge is 2.54. The SMILES string of the molecule is COc1cccc(=O)n1C1(C(=O)O)CC1. The molecule has 15 heavy (non-hydrogen) atoms. The van der Waals surface area contributed by atoms with Crippen LogP contribution in [0, 0.1) is 0 Å². The third kappa shape index (κ3) is 1.31. The summed E-state index contributed by atoms with van der Waals surface area (Å²) in [7, 11) is 1.42. The van der Waals surface area contributed by atoms with Crippen LogP contribution in [-0.2, 0) is 10.3 Å². The number of hydrogen-bond donors (Lipinski definition) is 1. The monoisotopic (exact) mass is 209 g/mol. The van der Waals surface area contributed by atoms with Crippen molar-refractivity contribution >= 4 is 5.97 Å². The summed E-state index contributed by atoms with van der Waals surface area (Å²) in [6.07, 6.45) is 0.950. The Morgan fingerprint density at radius 2 is 2.20 bits per heavy atom. The molecule has 5 nitrogen and oxygen atoms in total. The number of hydrogen-bond acceptors (Lipinski definition) is 3. The predicted octanol–water partition coefficient (Wildman–Crippen LogP) is 0.431. The maximum Gasteiger partial charge on any atom is 0.330 e. The van der Waals surface area contributed by atoms with Crippen LogP contribution >= 0.6 is 0 Å². The number of carbonyl (C=O) groups is 1. The summed E-state index contributed by atoms with van der Waals surface area (Å²) in [5.41, 5.74) is -1.42. The Kier molecular flexibility index (Phi) is 2.03. The minimum atomic E-state index is -1.08. The molecule has 0 aliphatic heterocycles. The summed E-state index contributed by atoms with van der Waals surface area (Å²) < 4.78 is 6.22. The van der Waals surface area contributed by atoms with Gasteiger partial charge >= 0.3 is 5.97 Å². The highest BCUT2D eigenvalue weighted by molar-refractivity contribution is 5.80. The lowest BCUT2D eigenvalue weighted by Gasteiger charge is -2.17. The number of methoxy groups -OCH3 is 1. The molecule has 0 unspecified atom stereocenters. The Morgan fingerprint density at radius 3 is 2.67 bits per heavy atom. The van der Waals surface area contributed by atoms with Gasteiger partial charge in [-0.25, -0.2) is 4.79 Å². The molecule has 0 aromatic carbocycles. The number of carboxylic acids is 1. The van der Waals surface area contributed by atoms with Crippen LogP contribution in [0.15, 0.2) is 23.0 Å². The van der Waals surface area contributed by atoms with Gasteiger partial charge in [0.1, 0.15) is 5.54 Å². The van der Waals surface area contributed by atoms with Crippen molar-refractivity contribution in [3.05, 3.63) is 28.6 Å². The second-order valence-corrected chi connectivity index (χ2v) is 3.58. The minimum Gasteiger partial charge on any atom is -0.482 e. The highest BCUT2D eigenvalue weighted by Crippen LogP contribution is 2.44. The molecule has 0 spiro atoms. The first-order chi connectivity index (χ1) is 7.12. The quantitative estimate of drug-likeness (QED) is 0.783. The smallest absolute Gasteiger partial charge is 0.330 e. The number of aliphatic carboxylic acids is 1. The van der Waals surface area contributed by atoms with E-state index in [-0.39, 0.29) is 5.56 Å². The van der Waals surface area contributed by atoms with Crippen molar-refractivity contribution in [1.82, 2.24) is 4.57 Å². The number of ether oxygens (including phenoxy) is 1. The van der Waals surface area contributed by atoms with Crippen molar-refractivity contribution in [3.63, 3.8) is 0 Å². The van der Waals surface area contributed by atoms with E-state index >= 15 is 0 Å². The van der Waals surface area contributed by atoms with Gasteiger partial charge in [-0.15, -0.1) is 0 Å². The fraction of sp³-hybridized carbons (Fsp3) is 0.400. The molecule has 1 N–H and O–H groups in total. The zero-order valence-electron chi connectivity index (χ0n) is 8.27. The summed E-state index contributed by atoms with van der Waals surface area (Å²) in [6.45, 7) is 0. The third-order valence-corrected chi connectivity index (χ3v) is 2.68. The van der Waals surface area contributed by atoms with Gasteiger partial charge in [-0.05, 0) is 18.9 Å². The van der Waals surface area contributed by atoms with Crippen molar-refractivity contribution in [1.29, 1.82) is 0 Å². The molecule has 0 radical (unpaired) electrons. The summed E-state index contributed by atoms with van der Waals surface area (Å²) in [5, 5.41) is 9.09. The van der Waals surface area contributed by atoms with Gasteiger partial charge in [-0.3, -0.25) is 9.36 Å². The van der Waals surface area contributed by atoms with Crippen LogP contribution in [0.5, 0.6) is 5.88 Å². The highest BCUT2D eigenvalue weighted by atomic mass is 16.5. The number of pyridine rings is 1. The number of aromatic nitrogens is 1. The normalized spacial score (nSPS) is 17.1. The summed E-state index contributed by atoms with van der Waals surface area (Å²) in [4.78, 5) is 22.7. The molecule has 1 heterocycles. The largest absolute Gasteiger partial charge is 0.482 e. The molecule has 1 saturated carbocycles. The van der Waals surface area contributed by atoms with E-state index in [1.54, 1.807) is 12.1 Å². The molecular formula is C10H11NO4. The van der Waals surface area contributed by atoms with Crippen molar-refractivity contribution in [2.75, 3.05) is 7.11 Å². The van der Waals surface area contributed by atoms with E-state index < -0.39 is 11.5 Å². The summed E-state index contributed by atoms with van der Waals surface area (Å²) in [6, 6.07) is 4.48. The van der Waals surface area contributed by atoms with Gasteiger partial charge in [0.25, 0.3) is 5.56 Å². The minimum absolute atomic E-state index is 0.294. The van der Waals surface area contributed by atoms with Gasteiger partial charge < -0.3 is 9.84 Å². The van der Waals surface area contributed by atoms with Crippen molar-refractivity contribution in [2.45, 2.75) is 18.4 Å². The van der Waals surface area contributed by atoms with Gasteiger partial charge in [0, 0.05) is 6.07 Å². The average Bonchev–Trinajstić information content (AvgIpc) is 2.98.